The van der Waals surface area contributed by atoms with Crippen LogP contribution in [0.5, 0.6) is 0 Å². The summed E-state index contributed by atoms with van der Waals surface area (Å²) in [5.41, 5.74) is 2.78. The highest BCUT2D eigenvalue weighted by atomic mass is 32.2. The monoisotopic (exact) mass is 302 g/mol. The van der Waals surface area contributed by atoms with Gasteiger partial charge in [0.1, 0.15) is 0 Å². The first kappa shape index (κ1) is 15.3. The normalized spacial score (nSPS) is 10.2. The molecule has 0 aliphatic carbocycles. The standard InChI is InChI=1S/C15H18N4OS/c1-11-8-9-16-15(17-11)21-10-14(20)18-12-4-6-13(7-5-12)19(2)3/h4-9H,10H2,1-3H3,(H,18,20). The third-order valence-corrected chi connectivity index (χ3v) is 3.63. The van der Waals surface area contributed by atoms with E-state index in [9.17, 15) is 4.79 Å². The lowest BCUT2D eigenvalue weighted by Gasteiger charge is -2.13. The van der Waals surface area contributed by atoms with E-state index in [-0.39, 0.29) is 5.91 Å². The van der Waals surface area contributed by atoms with Crippen molar-refractivity contribution in [1.82, 2.24) is 9.97 Å². The van der Waals surface area contributed by atoms with Gasteiger partial charge in [-0.2, -0.15) is 0 Å². The number of aryl methyl sites for hydroxylation is 1. The number of nitrogens with zero attached hydrogens (tertiary/aromatic N) is 3. The number of aromatic nitrogens is 2. The first-order valence-electron chi connectivity index (χ1n) is 6.54. The molecule has 0 spiro atoms. The molecular formula is C15H18N4OS. The first-order valence-corrected chi connectivity index (χ1v) is 7.53. The van der Waals surface area contributed by atoms with E-state index in [1.54, 1.807) is 6.20 Å². The first-order chi connectivity index (χ1) is 10.0. The maximum absolute atomic E-state index is 11.9. The molecule has 2 rings (SSSR count). The molecule has 0 saturated heterocycles. The molecule has 1 heterocycles. The molecule has 0 aliphatic rings. The van der Waals surface area contributed by atoms with Gasteiger partial charge in [-0.25, -0.2) is 9.97 Å². The lowest BCUT2D eigenvalue weighted by Crippen LogP contribution is -2.14. The maximum atomic E-state index is 11.9. The third-order valence-electron chi connectivity index (χ3n) is 2.77. The van der Waals surface area contributed by atoms with Gasteiger partial charge in [-0.15, -0.1) is 0 Å². The van der Waals surface area contributed by atoms with E-state index >= 15 is 0 Å². The molecule has 0 atom stereocenters. The summed E-state index contributed by atoms with van der Waals surface area (Å²) in [7, 11) is 3.96. The number of carbonyl (C=O) groups excluding carboxylic acids is 1. The lowest BCUT2D eigenvalue weighted by molar-refractivity contribution is -0.113. The summed E-state index contributed by atoms with van der Waals surface area (Å²) >= 11 is 1.33. The number of hydrogen-bond donors (Lipinski definition) is 1. The van der Waals surface area contributed by atoms with Gasteiger partial charge in [-0.05, 0) is 37.3 Å². The van der Waals surface area contributed by atoms with Crippen molar-refractivity contribution in [2.24, 2.45) is 0 Å². The SMILES string of the molecule is Cc1ccnc(SCC(=O)Nc2ccc(N(C)C)cc2)n1. The average Bonchev–Trinajstić information content (AvgIpc) is 2.46. The summed E-state index contributed by atoms with van der Waals surface area (Å²) in [6.45, 7) is 1.90. The molecule has 0 saturated carbocycles. The van der Waals surface area contributed by atoms with Gasteiger partial charge in [-0.3, -0.25) is 4.79 Å². The number of anilines is 2. The molecule has 0 bridgehead atoms. The van der Waals surface area contributed by atoms with Gasteiger partial charge in [0.2, 0.25) is 5.91 Å². The fourth-order valence-electron chi connectivity index (χ4n) is 1.67. The number of rotatable bonds is 5. The van der Waals surface area contributed by atoms with Crippen LogP contribution in [0, 0.1) is 6.92 Å². The molecule has 1 amide bonds. The highest BCUT2D eigenvalue weighted by molar-refractivity contribution is 7.99. The molecule has 1 N–H and O–H groups in total. The molecule has 1 aromatic heterocycles. The van der Waals surface area contributed by atoms with Crippen LogP contribution in [-0.2, 0) is 4.79 Å². The predicted octanol–water partition coefficient (Wildman–Crippen LogP) is 2.58. The van der Waals surface area contributed by atoms with Crippen LogP contribution in [0.4, 0.5) is 11.4 Å². The number of nitrogens with one attached hydrogen (secondary N) is 1. The van der Waals surface area contributed by atoms with Gasteiger partial charge in [0.15, 0.2) is 5.16 Å². The van der Waals surface area contributed by atoms with Crippen molar-refractivity contribution in [2.75, 3.05) is 30.1 Å². The molecule has 5 nitrogen and oxygen atoms in total. The van der Waals surface area contributed by atoms with Crippen LogP contribution in [0.3, 0.4) is 0 Å². The molecule has 0 fully saturated rings. The summed E-state index contributed by atoms with van der Waals surface area (Å²) in [5, 5.41) is 3.48. The van der Waals surface area contributed by atoms with Crippen molar-refractivity contribution in [1.29, 1.82) is 0 Å². The van der Waals surface area contributed by atoms with Gasteiger partial charge in [-0.1, -0.05) is 11.8 Å². The molecule has 2 aromatic rings. The second-order valence-corrected chi connectivity index (χ2v) is 5.70. The maximum Gasteiger partial charge on any atom is 0.234 e. The molecule has 21 heavy (non-hydrogen) atoms. The fourth-order valence-corrected chi connectivity index (χ4v) is 2.34. The highest BCUT2D eigenvalue weighted by Crippen LogP contribution is 2.17. The van der Waals surface area contributed by atoms with E-state index in [0.717, 1.165) is 17.1 Å². The molecule has 0 radical (unpaired) electrons. The Labute approximate surface area is 128 Å². The Balaban J connectivity index is 1.87. The van der Waals surface area contributed by atoms with Gasteiger partial charge in [0.25, 0.3) is 0 Å². The Morgan fingerprint density at radius 2 is 1.95 bits per heavy atom. The summed E-state index contributed by atoms with van der Waals surface area (Å²) in [6, 6.07) is 9.54. The zero-order valence-electron chi connectivity index (χ0n) is 12.3. The fraction of sp³-hybridized carbons (Fsp3) is 0.267. The van der Waals surface area contributed by atoms with Gasteiger partial charge in [0, 0.05) is 37.4 Å². The van der Waals surface area contributed by atoms with E-state index < -0.39 is 0 Å². The van der Waals surface area contributed by atoms with Crippen LogP contribution < -0.4 is 10.2 Å². The Bertz CT molecular complexity index is 613. The van der Waals surface area contributed by atoms with Gasteiger partial charge < -0.3 is 10.2 Å². The number of hydrogen-bond acceptors (Lipinski definition) is 5. The molecule has 0 unspecified atom stereocenters. The van der Waals surface area contributed by atoms with Crippen LogP contribution >= 0.6 is 11.8 Å². The largest absolute Gasteiger partial charge is 0.378 e. The highest BCUT2D eigenvalue weighted by Gasteiger charge is 2.06. The van der Waals surface area contributed by atoms with Crippen LogP contribution in [-0.4, -0.2) is 35.7 Å². The summed E-state index contributed by atoms with van der Waals surface area (Å²) in [6.07, 6.45) is 1.70. The van der Waals surface area contributed by atoms with Crippen molar-refractivity contribution < 1.29 is 4.79 Å². The second-order valence-electron chi connectivity index (χ2n) is 4.76. The summed E-state index contributed by atoms with van der Waals surface area (Å²) in [5.74, 6) is 0.224. The number of thioether (sulfide) groups is 1. The number of amides is 1. The van der Waals surface area contributed by atoms with E-state index in [1.165, 1.54) is 11.8 Å². The smallest absolute Gasteiger partial charge is 0.234 e. The second kappa shape index (κ2) is 7.08. The van der Waals surface area contributed by atoms with Gasteiger partial charge >= 0.3 is 0 Å². The third kappa shape index (κ3) is 4.75. The Hall–Kier alpha value is -2.08. The van der Waals surface area contributed by atoms with Crippen LogP contribution in [0.25, 0.3) is 0 Å². The lowest BCUT2D eigenvalue weighted by atomic mass is 10.2. The number of carbonyl (C=O) groups is 1. The van der Waals surface area contributed by atoms with Crippen molar-refractivity contribution >= 4 is 29.0 Å². The molecule has 0 aliphatic heterocycles. The van der Waals surface area contributed by atoms with Crippen LogP contribution in [0.2, 0.25) is 0 Å². The molecule has 6 heteroatoms. The van der Waals surface area contributed by atoms with Gasteiger partial charge in [0.05, 0.1) is 5.75 Å². The van der Waals surface area contributed by atoms with E-state index in [1.807, 2.05) is 56.3 Å². The van der Waals surface area contributed by atoms with Crippen molar-refractivity contribution in [2.45, 2.75) is 12.1 Å². The van der Waals surface area contributed by atoms with Crippen LogP contribution in [0.1, 0.15) is 5.69 Å². The van der Waals surface area contributed by atoms with E-state index in [4.69, 9.17) is 0 Å². The van der Waals surface area contributed by atoms with Crippen molar-refractivity contribution in [3.8, 4) is 0 Å². The quantitative estimate of drug-likeness (QED) is 0.679. The summed E-state index contributed by atoms with van der Waals surface area (Å²) < 4.78 is 0. The minimum Gasteiger partial charge on any atom is -0.378 e. The minimum atomic E-state index is -0.0669. The van der Waals surface area contributed by atoms with Crippen molar-refractivity contribution in [3.63, 3.8) is 0 Å². The Kier molecular flexibility index (Phi) is 5.16. The molecular weight excluding hydrogens is 284 g/mol. The zero-order chi connectivity index (χ0) is 15.2. The minimum absolute atomic E-state index is 0.0669. The topological polar surface area (TPSA) is 58.1 Å². The molecule has 1 aromatic carbocycles. The summed E-state index contributed by atoms with van der Waals surface area (Å²) in [4.78, 5) is 22.3. The Morgan fingerprint density at radius 1 is 1.24 bits per heavy atom. The predicted molar refractivity (Wildman–Crippen MR) is 86.9 cm³/mol. The van der Waals surface area contributed by atoms with E-state index in [2.05, 4.69) is 15.3 Å². The van der Waals surface area contributed by atoms with E-state index in [0.29, 0.717) is 10.9 Å². The van der Waals surface area contributed by atoms with Crippen molar-refractivity contribution in [3.05, 3.63) is 42.2 Å². The number of benzene rings is 1. The van der Waals surface area contributed by atoms with Crippen LogP contribution in [0.15, 0.2) is 41.7 Å². The molecule has 110 valence electrons. The average molecular weight is 302 g/mol. The zero-order valence-corrected chi connectivity index (χ0v) is 13.1. The Morgan fingerprint density at radius 3 is 2.57 bits per heavy atom.